The molecule has 0 spiro atoms. The van der Waals surface area contributed by atoms with Gasteiger partial charge in [0, 0.05) is 0 Å². The van der Waals surface area contributed by atoms with Crippen molar-refractivity contribution in [3.05, 3.63) is 35.8 Å². The Morgan fingerprint density at radius 1 is 0.800 bits per heavy atom. The Morgan fingerprint density at radius 3 is 1.30 bits per heavy atom. The van der Waals surface area contributed by atoms with Crippen LogP contribution < -0.4 is 0 Å². The molecule has 52 valence electrons. The fourth-order valence-corrected chi connectivity index (χ4v) is 1.21. The molecule has 0 heteroatoms. The lowest BCUT2D eigenvalue weighted by molar-refractivity contribution is 0.732. The van der Waals surface area contributed by atoms with Crippen LogP contribution in [0.1, 0.15) is 25.7 Å². The first-order valence-electron chi connectivity index (χ1n) is 3.62. The van der Waals surface area contributed by atoms with E-state index in [0.717, 1.165) is 25.7 Å². The summed E-state index contributed by atoms with van der Waals surface area (Å²) < 4.78 is 0. The highest BCUT2D eigenvalue weighted by Gasteiger charge is 2.07. The smallest absolute Gasteiger partial charge is 0.0200 e. The molecule has 0 amide bonds. The third-order valence-corrected chi connectivity index (χ3v) is 1.96. The molecular weight excluding hydrogens is 120 g/mol. The molecule has 0 bridgehead atoms. The molecule has 0 aromatic heterocycles. The van der Waals surface area contributed by atoms with Crippen molar-refractivity contribution in [1.82, 2.24) is 0 Å². The topological polar surface area (TPSA) is 0 Å². The van der Waals surface area contributed by atoms with Crippen LogP contribution in [0.15, 0.2) is 35.8 Å². The molecule has 0 radical (unpaired) electrons. The van der Waals surface area contributed by atoms with E-state index in [4.69, 9.17) is 0 Å². The van der Waals surface area contributed by atoms with Gasteiger partial charge >= 0.3 is 0 Å². The molecule has 0 nitrogen and oxygen atoms in total. The standard InChI is InChI=1S/C10H12/c1-3-9-5-7-10(4-2)8-6-9/h1-2,5-8H2. The number of hydrogen-bond acceptors (Lipinski definition) is 0. The summed E-state index contributed by atoms with van der Waals surface area (Å²) in [4.78, 5) is 0. The zero-order valence-electron chi connectivity index (χ0n) is 6.24. The summed E-state index contributed by atoms with van der Waals surface area (Å²) in [6, 6.07) is 0. The van der Waals surface area contributed by atoms with Crippen LogP contribution >= 0.6 is 0 Å². The number of rotatable bonds is 0. The van der Waals surface area contributed by atoms with Gasteiger partial charge in [-0.25, -0.2) is 0 Å². The van der Waals surface area contributed by atoms with Crippen LogP contribution in [0.25, 0.3) is 0 Å². The zero-order chi connectivity index (χ0) is 7.40. The predicted octanol–water partition coefficient (Wildman–Crippen LogP) is 2.98. The minimum atomic E-state index is 1.11. The third-order valence-electron chi connectivity index (χ3n) is 1.96. The minimum Gasteiger partial charge on any atom is -0.130 e. The average Bonchev–Trinajstić information content (AvgIpc) is 2.05. The Balaban J connectivity index is 2.62. The Hall–Kier alpha value is -0.960. The van der Waals surface area contributed by atoms with Gasteiger partial charge in [-0.05, 0) is 36.8 Å². The second kappa shape index (κ2) is 3.27. The van der Waals surface area contributed by atoms with E-state index >= 15 is 0 Å². The molecule has 0 atom stereocenters. The predicted molar refractivity (Wildman–Crippen MR) is 43.8 cm³/mol. The van der Waals surface area contributed by atoms with E-state index in [2.05, 4.69) is 24.6 Å². The highest BCUT2D eigenvalue weighted by molar-refractivity contribution is 5.13. The van der Waals surface area contributed by atoms with Crippen LogP contribution in [0.2, 0.25) is 0 Å². The van der Waals surface area contributed by atoms with Crippen molar-refractivity contribution in [3.8, 4) is 0 Å². The Bertz CT molecular complexity index is 182. The van der Waals surface area contributed by atoms with E-state index in [1.54, 1.807) is 0 Å². The van der Waals surface area contributed by atoms with Crippen molar-refractivity contribution in [1.29, 1.82) is 0 Å². The second-order valence-corrected chi connectivity index (χ2v) is 2.56. The molecule has 0 aliphatic heterocycles. The second-order valence-electron chi connectivity index (χ2n) is 2.56. The highest BCUT2D eigenvalue weighted by atomic mass is 14.1. The fourth-order valence-electron chi connectivity index (χ4n) is 1.21. The van der Waals surface area contributed by atoms with E-state index in [0.29, 0.717) is 0 Å². The van der Waals surface area contributed by atoms with Crippen LogP contribution in [-0.4, -0.2) is 0 Å². The number of hydrogen-bond donors (Lipinski definition) is 0. The van der Waals surface area contributed by atoms with Gasteiger partial charge in [0.2, 0.25) is 0 Å². The van der Waals surface area contributed by atoms with Crippen molar-refractivity contribution < 1.29 is 0 Å². The van der Waals surface area contributed by atoms with E-state index in [1.807, 2.05) is 0 Å². The average molecular weight is 132 g/mol. The maximum atomic E-state index is 3.63. The number of allylic oxidation sites excluding steroid dienone is 2. The molecule has 1 rings (SSSR count). The van der Waals surface area contributed by atoms with Gasteiger partial charge in [0.05, 0.1) is 0 Å². The van der Waals surface area contributed by atoms with Gasteiger partial charge in [-0.2, -0.15) is 0 Å². The van der Waals surface area contributed by atoms with Crippen molar-refractivity contribution in [3.63, 3.8) is 0 Å². The largest absolute Gasteiger partial charge is 0.130 e. The van der Waals surface area contributed by atoms with Crippen LogP contribution in [0, 0.1) is 0 Å². The summed E-state index contributed by atoms with van der Waals surface area (Å²) in [5.74, 6) is 0. The van der Waals surface area contributed by atoms with Crippen molar-refractivity contribution in [2.45, 2.75) is 25.7 Å². The van der Waals surface area contributed by atoms with Crippen LogP contribution in [0.5, 0.6) is 0 Å². The lowest BCUT2D eigenvalue weighted by Gasteiger charge is -2.12. The SMILES string of the molecule is C=C=C1CCC(=C=C)CC1. The molecule has 0 heterocycles. The van der Waals surface area contributed by atoms with E-state index in [1.165, 1.54) is 11.1 Å². The van der Waals surface area contributed by atoms with Crippen molar-refractivity contribution in [2.24, 2.45) is 0 Å². The first-order valence-corrected chi connectivity index (χ1v) is 3.62. The first kappa shape index (κ1) is 7.15. The molecule has 1 aliphatic rings. The first-order chi connectivity index (χ1) is 4.86. The van der Waals surface area contributed by atoms with Crippen LogP contribution in [-0.2, 0) is 0 Å². The molecular formula is C10H12. The van der Waals surface area contributed by atoms with Gasteiger partial charge in [-0.15, -0.1) is 11.5 Å². The molecule has 0 saturated heterocycles. The molecule has 1 saturated carbocycles. The molecule has 1 fully saturated rings. The van der Waals surface area contributed by atoms with Crippen molar-refractivity contribution >= 4 is 0 Å². The van der Waals surface area contributed by atoms with Gasteiger partial charge in [0.1, 0.15) is 0 Å². The Labute approximate surface area is 62.3 Å². The molecule has 1 aliphatic carbocycles. The fraction of sp³-hybridized carbons (Fsp3) is 0.400. The van der Waals surface area contributed by atoms with Crippen LogP contribution in [0.3, 0.4) is 0 Å². The van der Waals surface area contributed by atoms with E-state index in [-0.39, 0.29) is 0 Å². The van der Waals surface area contributed by atoms with Gasteiger partial charge in [0.25, 0.3) is 0 Å². The summed E-state index contributed by atoms with van der Waals surface area (Å²) in [5, 5.41) is 0. The van der Waals surface area contributed by atoms with Gasteiger partial charge < -0.3 is 0 Å². The van der Waals surface area contributed by atoms with E-state index < -0.39 is 0 Å². The summed E-state index contributed by atoms with van der Waals surface area (Å²) in [5.41, 5.74) is 8.63. The minimum absolute atomic E-state index is 1.11. The van der Waals surface area contributed by atoms with Gasteiger partial charge in [-0.1, -0.05) is 13.2 Å². The van der Waals surface area contributed by atoms with Gasteiger partial charge in [-0.3, -0.25) is 0 Å². The van der Waals surface area contributed by atoms with Crippen molar-refractivity contribution in [2.75, 3.05) is 0 Å². The molecule has 0 unspecified atom stereocenters. The molecule has 0 aromatic rings. The Morgan fingerprint density at radius 2 is 1.10 bits per heavy atom. The highest BCUT2D eigenvalue weighted by Crippen LogP contribution is 2.25. The normalized spacial score (nSPS) is 18.0. The lowest BCUT2D eigenvalue weighted by Crippen LogP contribution is -1.95. The summed E-state index contributed by atoms with van der Waals surface area (Å²) in [7, 11) is 0. The van der Waals surface area contributed by atoms with Crippen LogP contribution in [0.4, 0.5) is 0 Å². The molecule has 0 N–H and O–H groups in total. The third kappa shape index (κ3) is 1.51. The molecule has 0 aromatic carbocycles. The molecule has 10 heavy (non-hydrogen) atoms. The quantitative estimate of drug-likeness (QED) is 0.444. The zero-order valence-corrected chi connectivity index (χ0v) is 6.24. The Kier molecular flexibility index (Phi) is 2.34. The summed E-state index contributed by atoms with van der Waals surface area (Å²) in [6.45, 7) is 7.26. The monoisotopic (exact) mass is 132 g/mol. The summed E-state index contributed by atoms with van der Waals surface area (Å²) >= 11 is 0. The maximum absolute atomic E-state index is 3.63. The van der Waals surface area contributed by atoms with E-state index in [9.17, 15) is 0 Å². The summed E-state index contributed by atoms with van der Waals surface area (Å²) in [6.07, 6.45) is 4.45. The van der Waals surface area contributed by atoms with Gasteiger partial charge in [0.15, 0.2) is 0 Å². The maximum Gasteiger partial charge on any atom is -0.0200 e. The lowest BCUT2D eigenvalue weighted by atomic mass is 9.92.